The first kappa shape index (κ1) is 13.1. The van der Waals surface area contributed by atoms with Gasteiger partial charge in [-0.2, -0.15) is 0 Å². The van der Waals surface area contributed by atoms with E-state index in [4.69, 9.17) is 11.6 Å². The van der Waals surface area contributed by atoms with Gasteiger partial charge in [0.25, 0.3) is 5.91 Å². The van der Waals surface area contributed by atoms with Crippen LogP contribution >= 0.6 is 22.9 Å². The molecule has 18 heavy (non-hydrogen) atoms. The number of carbonyl (C=O) groups excluding carboxylic acids is 1. The molecule has 1 aromatic heterocycles. The summed E-state index contributed by atoms with van der Waals surface area (Å²) in [7, 11) is 0. The monoisotopic (exact) mass is 279 g/mol. The second kappa shape index (κ2) is 5.12. The lowest BCUT2D eigenvalue weighted by molar-refractivity contribution is 0.102. The minimum Gasteiger partial charge on any atom is -0.322 e. The highest BCUT2D eigenvalue weighted by Crippen LogP contribution is 2.24. The summed E-state index contributed by atoms with van der Waals surface area (Å²) in [5.41, 5.74) is 3.55. The Kier molecular flexibility index (Phi) is 3.73. The normalized spacial score (nSPS) is 10.4. The van der Waals surface area contributed by atoms with Gasteiger partial charge < -0.3 is 5.32 Å². The van der Waals surface area contributed by atoms with Crippen LogP contribution in [0.25, 0.3) is 0 Å². The molecule has 1 amide bonds. The molecule has 0 aliphatic heterocycles. The maximum Gasteiger partial charge on any atom is 0.256 e. The van der Waals surface area contributed by atoms with Crippen LogP contribution in [-0.4, -0.2) is 5.91 Å². The van der Waals surface area contributed by atoms with Gasteiger partial charge in [0, 0.05) is 21.0 Å². The zero-order valence-corrected chi connectivity index (χ0v) is 12.1. The van der Waals surface area contributed by atoms with E-state index in [1.807, 2.05) is 38.3 Å². The van der Waals surface area contributed by atoms with Crippen LogP contribution in [0, 0.1) is 20.8 Å². The Morgan fingerprint density at radius 2 is 2.00 bits per heavy atom. The van der Waals surface area contributed by atoms with Crippen molar-refractivity contribution in [3.8, 4) is 0 Å². The van der Waals surface area contributed by atoms with E-state index in [-0.39, 0.29) is 5.91 Å². The molecule has 0 aliphatic rings. The molecule has 0 radical (unpaired) electrons. The Hall–Kier alpha value is -1.32. The van der Waals surface area contributed by atoms with Gasteiger partial charge in [0.1, 0.15) is 0 Å². The van der Waals surface area contributed by atoms with Crippen LogP contribution in [0.1, 0.15) is 26.4 Å². The van der Waals surface area contributed by atoms with Crippen LogP contribution in [0.3, 0.4) is 0 Å². The first-order chi connectivity index (χ1) is 8.49. The Bertz CT molecular complexity index is 604. The Morgan fingerprint density at radius 1 is 1.28 bits per heavy atom. The highest BCUT2D eigenvalue weighted by molar-refractivity contribution is 7.10. The van der Waals surface area contributed by atoms with Crippen LogP contribution in [0.5, 0.6) is 0 Å². The second-order valence-electron chi connectivity index (χ2n) is 4.24. The zero-order valence-electron chi connectivity index (χ0n) is 10.5. The summed E-state index contributed by atoms with van der Waals surface area (Å²) in [6, 6.07) is 5.43. The number of rotatable bonds is 2. The molecule has 1 aromatic carbocycles. The van der Waals surface area contributed by atoms with E-state index < -0.39 is 0 Å². The maximum absolute atomic E-state index is 12.1. The van der Waals surface area contributed by atoms with Crippen molar-refractivity contribution in [2.45, 2.75) is 20.8 Å². The Morgan fingerprint density at radius 3 is 2.56 bits per heavy atom. The minimum absolute atomic E-state index is 0.0673. The van der Waals surface area contributed by atoms with E-state index in [1.54, 1.807) is 17.4 Å². The number of benzene rings is 1. The minimum atomic E-state index is -0.0673. The second-order valence-corrected chi connectivity index (χ2v) is 5.76. The molecule has 0 bridgehead atoms. The summed E-state index contributed by atoms with van der Waals surface area (Å²) in [6.45, 7) is 5.91. The third-order valence-corrected chi connectivity index (χ3v) is 4.22. The third-order valence-electron chi connectivity index (χ3n) is 2.97. The van der Waals surface area contributed by atoms with Crippen LogP contribution in [0.4, 0.5) is 5.69 Å². The summed E-state index contributed by atoms with van der Waals surface area (Å²) >= 11 is 7.48. The summed E-state index contributed by atoms with van der Waals surface area (Å²) in [4.78, 5) is 13.3. The highest BCUT2D eigenvalue weighted by Gasteiger charge is 2.13. The van der Waals surface area contributed by atoms with Gasteiger partial charge in [-0.1, -0.05) is 11.6 Å². The van der Waals surface area contributed by atoms with E-state index in [9.17, 15) is 4.79 Å². The van der Waals surface area contributed by atoms with Gasteiger partial charge in [-0.3, -0.25) is 4.79 Å². The molecule has 0 fully saturated rings. The first-order valence-corrected chi connectivity index (χ1v) is 6.87. The molecule has 0 spiro atoms. The van der Waals surface area contributed by atoms with Gasteiger partial charge in [-0.15, -0.1) is 11.3 Å². The van der Waals surface area contributed by atoms with Crippen LogP contribution < -0.4 is 5.32 Å². The van der Waals surface area contributed by atoms with Crippen molar-refractivity contribution in [2.75, 3.05) is 5.32 Å². The zero-order chi connectivity index (χ0) is 13.3. The van der Waals surface area contributed by atoms with Crippen molar-refractivity contribution in [3.63, 3.8) is 0 Å². The Labute approximate surface area is 116 Å². The van der Waals surface area contributed by atoms with Gasteiger partial charge in [0.15, 0.2) is 0 Å². The van der Waals surface area contributed by atoms with Crippen molar-refractivity contribution in [1.29, 1.82) is 0 Å². The van der Waals surface area contributed by atoms with Crippen LogP contribution in [0.15, 0.2) is 23.6 Å². The van der Waals surface area contributed by atoms with Gasteiger partial charge in [0.2, 0.25) is 0 Å². The number of aryl methyl sites for hydroxylation is 2. The average Bonchev–Trinajstić information content (AvgIpc) is 2.64. The third kappa shape index (κ3) is 2.57. The molecular weight excluding hydrogens is 266 g/mol. The first-order valence-electron chi connectivity index (χ1n) is 5.61. The summed E-state index contributed by atoms with van der Waals surface area (Å²) < 4.78 is 0. The fourth-order valence-electron chi connectivity index (χ4n) is 1.69. The number of nitrogens with one attached hydrogen (secondary N) is 1. The number of hydrogen-bond acceptors (Lipinski definition) is 2. The molecule has 0 atom stereocenters. The molecule has 1 heterocycles. The number of amides is 1. The summed E-state index contributed by atoms with van der Waals surface area (Å²) in [5, 5.41) is 5.49. The molecule has 1 N–H and O–H groups in total. The van der Waals surface area contributed by atoms with Gasteiger partial charge >= 0.3 is 0 Å². The lowest BCUT2D eigenvalue weighted by Gasteiger charge is -2.08. The number of anilines is 1. The lowest BCUT2D eigenvalue weighted by Crippen LogP contribution is -2.13. The molecule has 4 heteroatoms. The van der Waals surface area contributed by atoms with Crippen molar-refractivity contribution in [2.24, 2.45) is 0 Å². The molecule has 2 rings (SSSR count). The Balaban J connectivity index is 2.24. The topological polar surface area (TPSA) is 29.1 Å². The van der Waals surface area contributed by atoms with E-state index in [0.717, 1.165) is 22.4 Å². The van der Waals surface area contributed by atoms with Gasteiger partial charge in [0.05, 0.1) is 5.56 Å². The van der Waals surface area contributed by atoms with Crippen molar-refractivity contribution >= 4 is 34.5 Å². The fraction of sp³-hybridized carbons (Fsp3) is 0.214. The predicted octanol–water partition coefficient (Wildman–Crippen LogP) is 4.58. The van der Waals surface area contributed by atoms with Crippen molar-refractivity contribution in [1.82, 2.24) is 0 Å². The fourth-order valence-corrected chi connectivity index (χ4v) is 2.79. The van der Waals surface area contributed by atoms with E-state index in [2.05, 4.69) is 5.32 Å². The van der Waals surface area contributed by atoms with Gasteiger partial charge in [-0.05, 0) is 50.1 Å². The molecule has 0 saturated heterocycles. The largest absolute Gasteiger partial charge is 0.322 e. The molecular formula is C14H14ClNOS. The highest BCUT2D eigenvalue weighted by atomic mass is 35.5. The maximum atomic E-state index is 12.1. The van der Waals surface area contributed by atoms with Gasteiger partial charge in [-0.25, -0.2) is 0 Å². The van der Waals surface area contributed by atoms with Crippen LogP contribution in [0.2, 0.25) is 5.02 Å². The standard InChI is InChI=1S/C14H14ClNOS/c1-8-6-11(15)4-5-13(8)16-14(17)12-7-18-10(3)9(12)2/h4-7H,1-3H3,(H,16,17). The van der Waals surface area contributed by atoms with Crippen molar-refractivity contribution in [3.05, 3.63) is 50.2 Å². The summed E-state index contributed by atoms with van der Waals surface area (Å²) in [5.74, 6) is -0.0673. The molecule has 94 valence electrons. The quantitative estimate of drug-likeness (QED) is 0.857. The predicted molar refractivity (Wildman–Crippen MR) is 77.9 cm³/mol. The molecule has 0 aliphatic carbocycles. The van der Waals surface area contributed by atoms with E-state index >= 15 is 0 Å². The average molecular weight is 280 g/mol. The molecule has 0 unspecified atom stereocenters. The summed E-state index contributed by atoms with van der Waals surface area (Å²) in [6.07, 6.45) is 0. The number of hydrogen-bond donors (Lipinski definition) is 1. The lowest BCUT2D eigenvalue weighted by atomic mass is 10.1. The molecule has 0 saturated carbocycles. The number of carbonyl (C=O) groups is 1. The number of thiophene rings is 1. The number of halogens is 1. The molecule has 2 aromatic rings. The van der Waals surface area contributed by atoms with E-state index in [1.165, 1.54) is 4.88 Å². The smallest absolute Gasteiger partial charge is 0.256 e. The van der Waals surface area contributed by atoms with Crippen LogP contribution in [-0.2, 0) is 0 Å². The molecule has 2 nitrogen and oxygen atoms in total. The SMILES string of the molecule is Cc1cc(Cl)ccc1NC(=O)c1csc(C)c1C. The van der Waals surface area contributed by atoms with E-state index in [0.29, 0.717) is 5.02 Å². The van der Waals surface area contributed by atoms with Crippen molar-refractivity contribution < 1.29 is 4.79 Å².